The average molecular weight is 410 g/mol. The first-order valence-corrected chi connectivity index (χ1v) is 9.65. The number of hydrogen-bond donors (Lipinski definition) is 0. The zero-order valence-corrected chi connectivity index (χ0v) is 17.4. The Labute approximate surface area is 170 Å². The maximum absolute atomic E-state index is 12.7. The number of carbonyl (C=O) groups excluding carboxylic acids is 1. The monoisotopic (exact) mass is 410 g/mol. The Bertz CT molecular complexity index is 782. The van der Waals surface area contributed by atoms with E-state index in [-0.39, 0.29) is 11.8 Å². The van der Waals surface area contributed by atoms with Crippen LogP contribution in [0, 0.1) is 5.92 Å². The van der Waals surface area contributed by atoms with Gasteiger partial charge in [-0.3, -0.25) is 4.79 Å². The summed E-state index contributed by atoms with van der Waals surface area (Å²) in [6, 6.07) is 5.11. The fourth-order valence-electron chi connectivity index (χ4n) is 2.89. The molecule has 0 aliphatic heterocycles. The van der Waals surface area contributed by atoms with E-state index in [1.165, 1.54) is 12.1 Å². The summed E-state index contributed by atoms with van der Waals surface area (Å²) in [4.78, 5) is 20.8. The van der Waals surface area contributed by atoms with Crippen molar-refractivity contribution < 1.29 is 18.0 Å². The Kier molecular flexibility index (Phi) is 7.84. The van der Waals surface area contributed by atoms with E-state index in [4.69, 9.17) is 0 Å². The molecule has 0 aliphatic rings. The summed E-state index contributed by atoms with van der Waals surface area (Å²) in [5.41, 5.74) is 0.0758. The van der Waals surface area contributed by atoms with Gasteiger partial charge in [0.15, 0.2) is 0 Å². The molecule has 8 heteroatoms. The molecule has 0 aliphatic carbocycles. The quantitative estimate of drug-likeness (QED) is 0.630. The number of likely N-dealkylation sites (N-methyl/N-ethyl adjacent to an activating group) is 1. The number of hydrogen-bond acceptors (Lipinski definition) is 3. The van der Waals surface area contributed by atoms with Crippen molar-refractivity contribution in [1.82, 2.24) is 19.4 Å². The minimum Gasteiger partial charge on any atom is -0.334 e. The van der Waals surface area contributed by atoms with Crippen LogP contribution in [0.3, 0.4) is 0 Å². The van der Waals surface area contributed by atoms with E-state index < -0.39 is 11.7 Å². The highest BCUT2D eigenvalue weighted by Gasteiger charge is 2.30. The molecular weight excluding hydrogens is 381 g/mol. The lowest BCUT2D eigenvalue weighted by Gasteiger charge is -2.25. The molecule has 0 unspecified atom stereocenters. The fourth-order valence-corrected chi connectivity index (χ4v) is 2.89. The molecule has 0 saturated carbocycles. The van der Waals surface area contributed by atoms with Gasteiger partial charge >= 0.3 is 6.18 Å². The second-order valence-electron chi connectivity index (χ2n) is 7.88. The molecule has 29 heavy (non-hydrogen) atoms. The van der Waals surface area contributed by atoms with Crippen LogP contribution in [-0.4, -0.2) is 52.4 Å². The number of alkyl halides is 3. The van der Waals surface area contributed by atoms with Crippen molar-refractivity contribution in [2.45, 2.75) is 39.5 Å². The number of amides is 1. The van der Waals surface area contributed by atoms with Crippen LogP contribution in [0.1, 0.15) is 37.2 Å². The van der Waals surface area contributed by atoms with Gasteiger partial charge in [-0.25, -0.2) is 4.98 Å². The van der Waals surface area contributed by atoms with Gasteiger partial charge in [0.05, 0.1) is 12.1 Å². The molecule has 0 saturated heterocycles. The Morgan fingerprint density at radius 1 is 1.14 bits per heavy atom. The summed E-state index contributed by atoms with van der Waals surface area (Å²) in [6.45, 7) is 6.11. The highest BCUT2D eigenvalue weighted by atomic mass is 19.4. The molecule has 1 aromatic heterocycles. The average Bonchev–Trinajstić information content (AvgIpc) is 3.04. The molecule has 5 nitrogen and oxygen atoms in total. The van der Waals surface area contributed by atoms with Crippen molar-refractivity contribution in [1.29, 1.82) is 0 Å². The van der Waals surface area contributed by atoms with Gasteiger partial charge in [-0.15, -0.1) is 0 Å². The van der Waals surface area contributed by atoms with Crippen LogP contribution < -0.4 is 0 Å². The molecule has 2 aromatic rings. The zero-order valence-electron chi connectivity index (χ0n) is 17.4. The minimum atomic E-state index is -4.34. The molecular formula is C21H29F3N4O. The molecule has 0 radical (unpaired) electrons. The van der Waals surface area contributed by atoms with Crippen LogP contribution >= 0.6 is 0 Å². The van der Waals surface area contributed by atoms with Crippen molar-refractivity contribution >= 4 is 5.91 Å². The first-order chi connectivity index (χ1) is 13.6. The number of imidazole rings is 1. The van der Waals surface area contributed by atoms with E-state index in [1.807, 2.05) is 37.4 Å². The largest absolute Gasteiger partial charge is 0.416 e. The van der Waals surface area contributed by atoms with E-state index in [9.17, 15) is 18.0 Å². The number of rotatable bonds is 9. The second-order valence-corrected chi connectivity index (χ2v) is 7.88. The molecule has 1 amide bonds. The van der Waals surface area contributed by atoms with Crippen LogP contribution in [0.5, 0.6) is 0 Å². The van der Waals surface area contributed by atoms with Gasteiger partial charge in [0.2, 0.25) is 5.91 Å². The van der Waals surface area contributed by atoms with Gasteiger partial charge in [-0.05, 0) is 37.7 Å². The standard InChI is InChI=1S/C21H29F3N4O/c1-16(2)13-20(29)28(12-11-26(3)4)15-19-25-9-10-27(19)14-17-5-7-18(8-6-17)21(22,23)24/h5-10,16H,11-15H2,1-4H3. The number of benzene rings is 1. The summed E-state index contributed by atoms with van der Waals surface area (Å²) in [5, 5.41) is 0. The summed E-state index contributed by atoms with van der Waals surface area (Å²) in [6.07, 6.45) is -0.448. The molecule has 1 heterocycles. The van der Waals surface area contributed by atoms with Crippen molar-refractivity contribution in [2.24, 2.45) is 5.92 Å². The molecule has 0 spiro atoms. The first-order valence-electron chi connectivity index (χ1n) is 9.65. The van der Waals surface area contributed by atoms with Crippen LogP contribution in [-0.2, 0) is 24.1 Å². The first kappa shape index (κ1) is 22.9. The van der Waals surface area contributed by atoms with E-state index in [0.717, 1.165) is 24.2 Å². The number of nitrogens with zero attached hydrogens (tertiary/aromatic N) is 4. The van der Waals surface area contributed by atoms with Crippen molar-refractivity contribution in [3.8, 4) is 0 Å². The molecule has 0 atom stereocenters. The molecule has 160 valence electrons. The van der Waals surface area contributed by atoms with E-state index >= 15 is 0 Å². The lowest BCUT2D eigenvalue weighted by Crippen LogP contribution is -2.37. The van der Waals surface area contributed by atoms with Gasteiger partial charge in [0.25, 0.3) is 0 Å². The minimum absolute atomic E-state index is 0.0749. The Balaban J connectivity index is 2.12. The maximum Gasteiger partial charge on any atom is 0.416 e. The predicted molar refractivity (Wildman–Crippen MR) is 106 cm³/mol. The van der Waals surface area contributed by atoms with Gasteiger partial charge < -0.3 is 14.4 Å². The number of aromatic nitrogens is 2. The Hall–Kier alpha value is -2.35. The normalized spacial score (nSPS) is 12.0. The SMILES string of the molecule is CC(C)CC(=O)N(CCN(C)C)Cc1nccn1Cc1ccc(C(F)(F)F)cc1. The molecule has 0 bridgehead atoms. The number of halogens is 3. The number of carbonyl (C=O) groups is 1. The third kappa shape index (κ3) is 7.20. The van der Waals surface area contributed by atoms with E-state index in [1.54, 1.807) is 17.3 Å². The molecule has 0 N–H and O–H groups in total. The van der Waals surface area contributed by atoms with E-state index in [0.29, 0.717) is 31.9 Å². The van der Waals surface area contributed by atoms with Crippen LogP contribution in [0.2, 0.25) is 0 Å². The summed E-state index contributed by atoms with van der Waals surface area (Å²) < 4.78 is 40.1. The van der Waals surface area contributed by atoms with Crippen molar-refractivity contribution in [2.75, 3.05) is 27.2 Å². The second kappa shape index (κ2) is 9.91. The topological polar surface area (TPSA) is 41.4 Å². The lowest BCUT2D eigenvalue weighted by atomic mass is 10.1. The third-order valence-corrected chi connectivity index (χ3v) is 4.52. The third-order valence-electron chi connectivity index (χ3n) is 4.52. The Morgan fingerprint density at radius 3 is 2.34 bits per heavy atom. The highest BCUT2D eigenvalue weighted by Crippen LogP contribution is 2.29. The van der Waals surface area contributed by atoms with Crippen molar-refractivity contribution in [3.05, 3.63) is 53.6 Å². The summed E-state index contributed by atoms with van der Waals surface area (Å²) in [5.74, 6) is 1.04. The predicted octanol–water partition coefficient (Wildman–Crippen LogP) is 3.89. The molecule has 2 rings (SSSR count). The lowest BCUT2D eigenvalue weighted by molar-refractivity contribution is -0.137. The highest BCUT2D eigenvalue weighted by molar-refractivity contribution is 5.76. The fraction of sp³-hybridized carbons (Fsp3) is 0.524. The van der Waals surface area contributed by atoms with Gasteiger partial charge in [0, 0.05) is 38.4 Å². The van der Waals surface area contributed by atoms with Gasteiger partial charge in [-0.1, -0.05) is 26.0 Å². The van der Waals surface area contributed by atoms with Crippen LogP contribution in [0.15, 0.2) is 36.7 Å². The molecule has 0 fully saturated rings. The smallest absolute Gasteiger partial charge is 0.334 e. The van der Waals surface area contributed by atoms with Crippen LogP contribution in [0.4, 0.5) is 13.2 Å². The zero-order chi connectivity index (χ0) is 21.6. The summed E-state index contributed by atoms with van der Waals surface area (Å²) >= 11 is 0. The summed E-state index contributed by atoms with van der Waals surface area (Å²) in [7, 11) is 3.91. The van der Waals surface area contributed by atoms with E-state index in [2.05, 4.69) is 4.98 Å². The van der Waals surface area contributed by atoms with Gasteiger partial charge in [-0.2, -0.15) is 13.2 Å². The van der Waals surface area contributed by atoms with Crippen molar-refractivity contribution in [3.63, 3.8) is 0 Å². The maximum atomic E-state index is 12.7. The van der Waals surface area contributed by atoms with Gasteiger partial charge in [0.1, 0.15) is 5.82 Å². The van der Waals surface area contributed by atoms with Crippen LogP contribution in [0.25, 0.3) is 0 Å². The molecule has 1 aromatic carbocycles. The Morgan fingerprint density at radius 2 is 1.79 bits per heavy atom.